The van der Waals surface area contributed by atoms with Gasteiger partial charge in [0, 0.05) is 16.9 Å². The lowest BCUT2D eigenvalue weighted by Crippen LogP contribution is -2.31. The van der Waals surface area contributed by atoms with E-state index in [0.717, 1.165) is 29.2 Å². The number of nitrogens with two attached hydrogens (primary N) is 1. The summed E-state index contributed by atoms with van der Waals surface area (Å²) in [5.41, 5.74) is 9.08. The molecular weight excluding hydrogens is 330 g/mol. The van der Waals surface area contributed by atoms with E-state index in [2.05, 4.69) is 23.5 Å². The molecule has 0 radical (unpaired) electrons. The van der Waals surface area contributed by atoms with E-state index in [1.165, 1.54) is 10.4 Å². The minimum atomic E-state index is 0.0629. The number of hydrogen-bond acceptors (Lipinski definition) is 5. The molecule has 2 aromatic rings. The molecule has 7 heteroatoms. The number of fused-ring (bicyclic) bond motifs is 1. The van der Waals surface area contributed by atoms with Crippen LogP contribution >= 0.6 is 23.6 Å². The molecule has 3 heterocycles. The Morgan fingerprint density at radius 1 is 1.35 bits per heavy atom. The van der Waals surface area contributed by atoms with Crippen LogP contribution in [0.4, 0.5) is 0 Å². The van der Waals surface area contributed by atoms with Crippen molar-refractivity contribution in [3.8, 4) is 11.5 Å². The zero-order chi connectivity index (χ0) is 16.0. The number of hydrazone groups is 1. The standard InChI is InChI=1S/C16H15N3O2S2/c1-9-4-5-23-15(9)12-7-11(18-19(12)16(17)22)10-2-3-13-14(6-10)21-8-20-13/h2-6,12H,7-8H2,1H3,(H2,17,22). The molecule has 23 heavy (non-hydrogen) atoms. The first-order valence-electron chi connectivity index (χ1n) is 7.23. The maximum Gasteiger partial charge on any atom is 0.231 e. The first-order valence-corrected chi connectivity index (χ1v) is 8.52. The predicted molar refractivity (Wildman–Crippen MR) is 94.1 cm³/mol. The monoisotopic (exact) mass is 345 g/mol. The summed E-state index contributed by atoms with van der Waals surface area (Å²) in [6.45, 7) is 2.36. The minimum absolute atomic E-state index is 0.0629. The quantitative estimate of drug-likeness (QED) is 0.847. The maximum absolute atomic E-state index is 5.89. The van der Waals surface area contributed by atoms with Crippen LogP contribution in [0.3, 0.4) is 0 Å². The molecule has 2 N–H and O–H groups in total. The van der Waals surface area contributed by atoms with E-state index >= 15 is 0 Å². The van der Waals surface area contributed by atoms with Crippen LogP contribution in [0.25, 0.3) is 0 Å². The molecule has 1 aromatic heterocycles. The SMILES string of the molecule is Cc1ccsc1C1CC(c2ccc3c(c2)OCO3)=NN1C(N)=S. The Balaban J connectivity index is 1.69. The Bertz CT molecular complexity index is 815. The van der Waals surface area contributed by atoms with Crippen molar-refractivity contribution in [1.29, 1.82) is 0 Å². The molecule has 0 bridgehead atoms. The van der Waals surface area contributed by atoms with Crippen LogP contribution < -0.4 is 15.2 Å². The van der Waals surface area contributed by atoms with Gasteiger partial charge in [0.15, 0.2) is 16.6 Å². The molecule has 0 amide bonds. The van der Waals surface area contributed by atoms with Gasteiger partial charge in [-0.3, -0.25) is 0 Å². The van der Waals surface area contributed by atoms with Gasteiger partial charge in [0.05, 0.1) is 11.8 Å². The Hall–Kier alpha value is -2.12. The Morgan fingerprint density at radius 2 is 2.17 bits per heavy atom. The molecule has 1 atom stereocenters. The summed E-state index contributed by atoms with van der Waals surface area (Å²) in [5.74, 6) is 1.52. The Morgan fingerprint density at radius 3 is 2.91 bits per heavy atom. The number of rotatable bonds is 2. The summed E-state index contributed by atoms with van der Waals surface area (Å²) in [6.07, 6.45) is 0.762. The fraction of sp³-hybridized carbons (Fsp3) is 0.250. The van der Waals surface area contributed by atoms with Gasteiger partial charge in [0.2, 0.25) is 6.79 Å². The van der Waals surface area contributed by atoms with E-state index in [-0.39, 0.29) is 12.8 Å². The van der Waals surface area contributed by atoms with E-state index in [1.54, 1.807) is 16.3 Å². The van der Waals surface area contributed by atoms with Crippen molar-refractivity contribution in [2.45, 2.75) is 19.4 Å². The van der Waals surface area contributed by atoms with Crippen molar-refractivity contribution in [2.24, 2.45) is 10.8 Å². The lowest BCUT2D eigenvalue weighted by molar-refractivity contribution is 0.174. The molecule has 2 aliphatic heterocycles. The summed E-state index contributed by atoms with van der Waals surface area (Å²) < 4.78 is 10.8. The number of aryl methyl sites for hydroxylation is 1. The second-order valence-electron chi connectivity index (χ2n) is 5.49. The fourth-order valence-corrected chi connectivity index (χ4v) is 4.08. The van der Waals surface area contributed by atoms with Crippen LogP contribution in [-0.4, -0.2) is 22.6 Å². The highest BCUT2D eigenvalue weighted by Crippen LogP contribution is 2.39. The summed E-state index contributed by atoms with van der Waals surface area (Å²) in [5, 5.41) is 8.77. The van der Waals surface area contributed by atoms with Gasteiger partial charge in [-0.15, -0.1) is 11.3 Å². The number of hydrogen-bond donors (Lipinski definition) is 1. The van der Waals surface area contributed by atoms with Crippen molar-refractivity contribution >= 4 is 34.4 Å². The molecule has 2 aliphatic rings. The highest BCUT2D eigenvalue weighted by molar-refractivity contribution is 7.80. The number of benzene rings is 1. The van der Waals surface area contributed by atoms with Crippen molar-refractivity contribution in [1.82, 2.24) is 5.01 Å². The van der Waals surface area contributed by atoms with Gasteiger partial charge in [0.25, 0.3) is 0 Å². The van der Waals surface area contributed by atoms with Crippen LogP contribution in [0.15, 0.2) is 34.7 Å². The molecule has 0 spiro atoms. The van der Waals surface area contributed by atoms with Gasteiger partial charge in [-0.25, -0.2) is 5.01 Å². The zero-order valence-corrected chi connectivity index (χ0v) is 14.1. The fourth-order valence-electron chi connectivity index (χ4n) is 2.89. The van der Waals surface area contributed by atoms with E-state index in [9.17, 15) is 0 Å². The van der Waals surface area contributed by atoms with E-state index < -0.39 is 0 Å². The van der Waals surface area contributed by atoms with Gasteiger partial charge in [-0.2, -0.15) is 5.10 Å². The summed E-state index contributed by atoms with van der Waals surface area (Å²) in [7, 11) is 0. The summed E-state index contributed by atoms with van der Waals surface area (Å²) in [4.78, 5) is 1.25. The van der Waals surface area contributed by atoms with E-state index in [0.29, 0.717) is 5.11 Å². The van der Waals surface area contributed by atoms with Gasteiger partial charge in [0.1, 0.15) is 0 Å². The third-order valence-electron chi connectivity index (χ3n) is 4.05. The topological polar surface area (TPSA) is 60.1 Å². The molecule has 5 nitrogen and oxygen atoms in total. The van der Waals surface area contributed by atoms with E-state index in [4.69, 9.17) is 27.4 Å². The van der Waals surface area contributed by atoms with Crippen molar-refractivity contribution in [3.63, 3.8) is 0 Å². The summed E-state index contributed by atoms with van der Waals surface area (Å²) >= 11 is 6.90. The molecule has 0 saturated heterocycles. The third kappa shape index (κ3) is 2.46. The molecule has 1 aromatic carbocycles. The third-order valence-corrected chi connectivity index (χ3v) is 5.35. The van der Waals surface area contributed by atoms with Gasteiger partial charge < -0.3 is 15.2 Å². The molecule has 118 valence electrons. The Labute approximate surface area is 143 Å². The smallest absolute Gasteiger partial charge is 0.231 e. The lowest BCUT2D eigenvalue weighted by atomic mass is 10.0. The van der Waals surface area contributed by atoms with Crippen LogP contribution in [0.1, 0.15) is 28.5 Å². The molecule has 1 unspecified atom stereocenters. The predicted octanol–water partition coefficient (Wildman–Crippen LogP) is 3.18. The molecular formula is C16H15N3O2S2. The molecule has 4 rings (SSSR count). The average molecular weight is 345 g/mol. The van der Waals surface area contributed by atoms with Crippen LogP contribution in [0.5, 0.6) is 11.5 Å². The van der Waals surface area contributed by atoms with Crippen LogP contribution in [0, 0.1) is 6.92 Å². The van der Waals surface area contributed by atoms with E-state index in [1.807, 2.05) is 18.2 Å². The normalized spacial score (nSPS) is 19.1. The van der Waals surface area contributed by atoms with Gasteiger partial charge in [-0.05, 0) is 54.4 Å². The van der Waals surface area contributed by atoms with Crippen LogP contribution in [0.2, 0.25) is 0 Å². The molecule has 0 saturated carbocycles. The first-order chi connectivity index (χ1) is 11.1. The average Bonchev–Trinajstić information content (AvgIpc) is 3.24. The molecule has 0 fully saturated rings. The largest absolute Gasteiger partial charge is 0.454 e. The second-order valence-corrected chi connectivity index (χ2v) is 6.85. The maximum atomic E-state index is 5.89. The second kappa shape index (κ2) is 5.50. The minimum Gasteiger partial charge on any atom is -0.454 e. The molecule has 0 aliphatic carbocycles. The van der Waals surface area contributed by atoms with Crippen molar-refractivity contribution < 1.29 is 9.47 Å². The lowest BCUT2D eigenvalue weighted by Gasteiger charge is -2.21. The van der Waals surface area contributed by atoms with Crippen molar-refractivity contribution in [2.75, 3.05) is 6.79 Å². The zero-order valence-electron chi connectivity index (χ0n) is 12.5. The highest BCUT2D eigenvalue weighted by atomic mass is 32.1. The van der Waals surface area contributed by atoms with Gasteiger partial charge >= 0.3 is 0 Å². The number of ether oxygens (including phenoxy) is 2. The highest BCUT2D eigenvalue weighted by Gasteiger charge is 2.32. The number of thiophene rings is 1. The summed E-state index contributed by atoms with van der Waals surface area (Å²) in [6, 6.07) is 8.04. The van der Waals surface area contributed by atoms with Crippen molar-refractivity contribution in [3.05, 3.63) is 45.6 Å². The number of thiocarbonyl (C=S) groups is 1. The van der Waals surface area contributed by atoms with Crippen LogP contribution in [-0.2, 0) is 0 Å². The first kappa shape index (κ1) is 14.5. The Kier molecular flexibility index (Phi) is 3.46. The van der Waals surface area contributed by atoms with Gasteiger partial charge in [-0.1, -0.05) is 0 Å². The number of nitrogens with zero attached hydrogens (tertiary/aromatic N) is 2.